The highest BCUT2D eigenvalue weighted by Crippen LogP contribution is 2.38. The van der Waals surface area contributed by atoms with Crippen molar-refractivity contribution in [1.29, 1.82) is 0 Å². The molecule has 0 aromatic heterocycles. The van der Waals surface area contributed by atoms with Gasteiger partial charge in [0.25, 0.3) is 0 Å². The van der Waals surface area contributed by atoms with E-state index in [1.165, 1.54) is 7.11 Å². The number of carbonyl (C=O) groups excluding carboxylic acids is 2. The maximum Gasteiger partial charge on any atom is 0.309 e. The summed E-state index contributed by atoms with van der Waals surface area (Å²) in [5, 5.41) is 0. The molecule has 1 aliphatic carbocycles. The van der Waals surface area contributed by atoms with Gasteiger partial charge in [0.2, 0.25) is 0 Å². The van der Waals surface area contributed by atoms with E-state index in [0.717, 1.165) is 12.8 Å². The van der Waals surface area contributed by atoms with E-state index < -0.39 is 0 Å². The van der Waals surface area contributed by atoms with Gasteiger partial charge in [-0.05, 0) is 18.8 Å². The Kier molecular flexibility index (Phi) is 3.67. The largest absolute Gasteiger partial charge is 0.469 e. The fourth-order valence-electron chi connectivity index (χ4n) is 2.39. The van der Waals surface area contributed by atoms with Gasteiger partial charge in [-0.25, -0.2) is 0 Å². The third-order valence-corrected chi connectivity index (χ3v) is 3.20. The van der Waals surface area contributed by atoms with Crippen molar-refractivity contribution in [3.05, 3.63) is 0 Å². The molecule has 0 amide bonds. The van der Waals surface area contributed by atoms with Crippen LogP contribution in [0.2, 0.25) is 0 Å². The van der Waals surface area contributed by atoms with Crippen molar-refractivity contribution >= 4 is 11.8 Å². The Balaban J connectivity index is 2.76. The third kappa shape index (κ3) is 1.97. The maximum atomic E-state index is 11.6. The Morgan fingerprint density at radius 2 is 2.00 bits per heavy atom. The molecule has 1 aliphatic rings. The molecule has 3 nitrogen and oxygen atoms in total. The van der Waals surface area contributed by atoms with Crippen LogP contribution in [0.15, 0.2) is 0 Å². The summed E-state index contributed by atoms with van der Waals surface area (Å²) in [6.45, 7) is 3.89. The van der Waals surface area contributed by atoms with Gasteiger partial charge in [-0.15, -0.1) is 0 Å². The fourth-order valence-corrected chi connectivity index (χ4v) is 2.39. The van der Waals surface area contributed by atoms with E-state index in [9.17, 15) is 9.59 Å². The van der Waals surface area contributed by atoms with Crippen LogP contribution >= 0.6 is 0 Å². The number of Topliss-reactive ketones (excluding diaryl/α,β-unsaturated/α-hetero) is 1. The molecule has 80 valence electrons. The van der Waals surface area contributed by atoms with Crippen LogP contribution in [0.1, 0.15) is 33.1 Å². The molecule has 0 bridgehead atoms. The van der Waals surface area contributed by atoms with Crippen LogP contribution < -0.4 is 0 Å². The van der Waals surface area contributed by atoms with Crippen LogP contribution in [-0.2, 0) is 14.3 Å². The Hall–Kier alpha value is -0.860. The molecular weight excluding hydrogens is 180 g/mol. The summed E-state index contributed by atoms with van der Waals surface area (Å²) in [6.07, 6.45) is 2.27. The Bertz CT molecular complexity index is 235. The van der Waals surface area contributed by atoms with Gasteiger partial charge < -0.3 is 4.74 Å². The van der Waals surface area contributed by atoms with Crippen molar-refractivity contribution in [3.8, 4) is 0 Å². The SMILES string of the molecule is CCC(=O)C1C(C)CC[C@H]1C(=O)OC. The second-order valence-corrected chi connectivity index (χ2v) is 4.03. The summed E-state index contributed by atoms with van der Waals surface area (Å²) in [5.74, 6) is 0.00741. The van der Waals surface area contributed by atoms with E-state index in [1.54, 1.807) is 0 Å². The molecule has 0 heterocycles. The van der Waals surface area contributed by atoms with Crippen molar-refractivity contribution in [2.24, 2.45) is 17.8 Å². The standard InChI is InChI=1S/C11H18O3/c1-4-9(12)10-7(2)5-6-8(10)11(13)14-3/h7-8,10H,4-6H2,1-3H3/t7?,8-,10?/m1/s1. The smallest absolute Gasteiger partial charge is 0.309 e. The first-order chi connectivity index (χ1) is 6.61. The molecule has 0 spiro atoms. The van der Waals surface area contributed by atoms with E-state index >= 15 is 0 Å². The molecule has 1 saturated carbocycles. The first-order valence-corrected chi connectivity index (χ1v) is 5.22. The maximum absolute atomic E-state index is 11.6. The number of methoxy groups -OCH3 is 1. The molecule has 1 fully saturated rings. The minimum Gasteiger partial charge on any atom is -0.469 e. The van der Waals surface area contributed by atoms with Crippen molar-refractivity contribution in [2.75, 3.05) is 7.11 Å². The number of hydrogen-bond acceptors (Lipinski definition) is 3. The Labute approximate surface area is 84.8 Å². The zero-order valence-corrected chi connectivity index (χ0v) is 9.08. The van der Waals surface area contributed by atoms with E-state index in [2.05, 4.69) is 0 Å². The number of hydrogen-bond donors (Lipinski definition) is 0. The molecule has 0 N–H and O–H groups in total. The van der Waals surface area contributed by atoms with Crippen LogP contribution in [-0.4, -0.2) is 18.9 Å². The number of rotatable bonds is 3. The highest BCUT2D eigenvalue weighted by molar-refractivity contribution is 5.87. The number of ether oxygens (including phenoxy) is 1. The number of ketones is 1. The molecule has 0 saturated heterocycles. The molecule has 3 heteroatoms. The van der Waals surface area contributed by atoms with Crippen molar-refractivity contribution in [3.63, 3.8) is 0 Å². The molecule has 0 aliphatic heterocycles. The lowest BCUT2D eigenvalue weighted by atomic mass is 9.85. The minimum atomic E-state index is -0.221. The summed E-state index contributed by atoms with van der Waals surface area (Å²) >= 11 is 0. The third-order valence-electron chi connectivity index (χ3n) is 3.20. The molecule has 0 aromatic carbocycles. The predicted octanol–water partition coefficient (Wildman–Crippen LogP) is 1.80. The molecule has 2 unspecified atom stereocenters. The van der Waals surface area contributed by atoms with Crippen molar-refractivity contribution in [2.45, 2.75) is 33.1 Å². The summed E-state index contributed by atoms with van der Waals surface area (Å²) in [4.78, 5) is 23.1. The van der Waals surface area contributed by atoms with E-state index in [4.69, 9.17) is 4.74 Å². The topological polar surface area (TPSA) is 43.4 Å². The van der Waals surface area contributed by atoms with Gasteiger partial charge in [0.1, 0.15) is 5.78 Å². The van der Waals surface area contributed by atoms with Gasteiger partial charge in [-0.3, -0.25) is 9.59 Å². The van der Waals surface area contributed by atoms with Crippen LogP contribution in [0.3, 0.4) is 0 Å². The highest BCUT2D eigenvalue weighted by atomic mass is 16.5. The number of carbonyl (C=O) groups is 2. The van der Waals surface area contributed by atoms with Gasteiger partial charge in [0, 0.05) is 12.3 Å². The van der Waals surface area contributed by atoms with E-state index in [0.29, 0.717) is 12.3 Å². The van der Waals surface area contributed by atoms with Crippen LogP contribution in [0.4, 0.5) is 0 Å². The summed E-state index contributed by atoms with van der Waals surface area (Å²) < 4.78 is 4.72. The van der Waals surface area contributed by atoms with Crippen molar-refractivity contribution < 1.29 is 14.3 Å². The molecule has 3 atom stereocenters. The fraction of sp³-hybridized carbons (Fsp3) is 0.818. The lowest BCUT2D eigenvalue weighted by Crippen LogP contribution is -2.29. The number of esters is 1. The van der Waals surface area contributed by atoms with Gasteiger partial charge in [0.05, 0.1) is 13.0 Å². The van der Waals surface area contributed by atoms with Crippen molar-refractivity contribution in [1.82, 2.24) is 0 Å². The summed E-state index contributed by atoms with van der Waals surface area (Å²) in [7, 11) is 1.39. The summed E-state index contributed by atoms with van der Waals surface area (Å²) in [6, 6.07) is 0. The summed E-state index contributed by atoms with van der Waals surface area (Å²) in [5.41, 5.74) is 0. The highest BCUT2D eigenvalue weighted by Gasteiger charge is 2.41. The van der Waals surface area contributed by atoms with Crippen LogP contribution in [0, 0.1) is 17.8 Å². The molecule has 0 aromatic rings. The normalized spacial score (nSPS) is 31.5. The average Bonchev–Trinajstić information content (AvgIpc) is 2.58. The quantitative estimate of drug-likeness (QED) is 0.649. The van der Waals surface area contributed by atoms with E-state index in [1.807, 2.05) is 13.8 Å². The minimum absolute atomic E-state index is 0.104. The monoisotopic (exact) mass is 198 g/mol. The second kappa shape index (κ2) is 4.58. The van der Waals surface area contributed by atoms with E-state index in [-0.39, 0.29) is 23.6 Å². The molecule has 14 heavy (non-hydrogen) atoms. The first-order valence-electron chi connectivity index (χ1n) is 5.22. The molecular formula is C11H18O3. The Morgan fingerprint density at radius 3 is 2.50 bits per heavy atom. The predicted molar refractivity (Wildman–Crippen MR) is 52.7 cm³/mol. The lowest BCUT2D eigenvalue weighted by molar-refractivity contribution is -0.149. The van der Waals surface area contributed by atoms with Gasteiger partial charge in [-0.1, -0.05) is 13.8 Å². The van der Waals surface area contributed by atoms with Gasteiger partial charge >= 0.3 is 5.97 Å². The Morgan fingerprint density at radius 1 is 1.36 bits per heavy atom. The zero-order chi connectivity index (χ0) is 10.7. The zero-order valence-electron chi connectivity index (χ0n) is 9.08. The van der Waals surface area contributed by atoms with Crippen LogP contribution in [0.5, 0.6) is 0 Å². The van der Waals surface area contributed by atoms with Gasteiger partial charge in [0.15, 0.2) is 0 Å². The first kappa shape index (κ1) is 11.2. The van der Waals surface area contributed by atoms with Gasteiger partial charge in [-0.2, -0.15) is 0 Å². The molecule has 0 radical (unpaired) electrons. The lowest BCUT2D eigenvalue weighted by Gasteiger charge is -2.18. The van der Waals surface area contributed by atoms with Crippen LogP contribution in [0.25, 0.3) is 0 Å². The average molecular weight is 198 g/mol. The second-order valence-electron chi connectivity index (χ2n) is 4.03. The molecule has 1 rings (SSSR count).